The summed E-state index contributed by atoms with van der Waals surface area (Å²) in [5.74, 6) is 1.76. The normalized spacial score (nSPS) is 10.6. The summed E-state index contributed by atoms with van der Waals surface area (Å²) in [6, 6.07) is 24.3. The highest BCUT2D eigenvalue weighted by Gasteiger charge is 2.10. The first-order valence-electron chi connectivity index (χ1n) is 9.27. The molecule has 0 fully saturated rings. The van der Waals surface area contributed by atoms with Crippen LogP contribution in [0, 0.1) is 0 Å². The molecule has 1 heterocycles. The summed E-state index contributed by atoms with van der Waals surface area (Å²) in [6.07, 6.45) is 0. The minimum atomic E-state index is -0.138. The molecule has 0 saturated heterocycles. The Balaban J connectivity index is 1.34. The largest absolute Gasteiger partial charge is 0.497 e. The van der Waals surface area contributed by atoms with Crippen molar-refractivity contribution in [2.24, 2.45) is 0 Å². The van der Waals surface area contributed by atoms with Crippen LogP contribution in [-0.4, -0.2) is 23.2 Å². The number of carbonyl (C=O) groups excluding carboxylic acids is 1. The van der Waals surface area contributed by atoms with E-state index in [0.717, 1.165) is 22.6 Å². The minimum Gasteiger partial charge on any atom is -0.497 e. The zero-order valence-corrected chi connectivity index (χ0v) is 17.1. The smallest absolute Gasteiger partial charge is 0.277 e. The molecule has 1 N–H and O–H groups in total. The van der Waals surface area contributed by atoms with E-state index >= 15 is 0 Å². The quantitative estimate of drug-likeness (QED) is 0.412. The van der Waals surface area contributed by atoms with Crippen molar-refractivity contribution in [3.05, 3.63) is 90.0 Å². The van der Waals surface area contributed by atoms with Crippen LogP contribution in [-0.2, 0) is 5.75 Å². The molecule has 0 aliphatic heterocycles. The van der Waals surface area contributed by atoms with Gasteiger partial charge in [0, 0.05) is 22.6 Å². The van der Waals surface area contributed by atoms with Crippen molar-refractivity contribution in [1.82, 2.24) is 10.2 Å². The second-order valence-electron chi connectivity index (χ2n) is 6.41. The van der Waals surface area contributed by atoms with Gasteiger partial charge in [-0.15, -0.1) is 10.2 Å². The molecule has 30 heavy (non-hydrogen) atoms. The Labute approximate surface area is 178 Å². The highest BCUT2D eigenvalue weighted by Crippen LogP contribution is 2.27. The molecule has 0 spiro atoms. The van der Waals surface area contributed by atoms with Gasteiger partial charge in [0.25, 0.3) is 11.1 Å². The lowest BCUT2D eigenvalue weighted by atomic mass is 10.1. The molecule has 3 aromatic carbocycles. The third kappa shape index (κ3) is 4.87. The molecule has 6 nitrogen and oxygen atoms in total. The van der Waals surface area contributed by atoms with Gasteiger partial charge in [0.15, 0.2) is 0 Å². The van der Waals surface area contributed by atoms with Crippen LogP contribution in [0.1, 0.15) is 15.9 Å². The van der Waals surface area contributed by atoms with E-state index in [0.29, 0.717) is 22.4 Å². The maximum atomic E-state index is 12.3. The first kappa shape index (κ1) is 19.7. The van der Waals surface area contributed by atoms with Crippen molar-refractivity contribution >= 4 is 23.4 Å². The number of thioether (sulfide) groups is 1. The molecule has 0 aliphatic rings. The van der Waals surface area contributed by atoms with Gasteiger partial charge < -0.3 is 14.5 Å². The number of amides is 1. The third-order valence-corrected chi connectivity index (χ3v) is 5.24. The summed E-state index contributed by atoms with van der Waals surface area (Å²) in [6.45, 7) is 0. The topological polar surface area (TPSA) is 77.2 Å². The number of hydrogen-bond acceptors (Lipinski definition) is 6. The molecule has 1 aromatic heterocycles. The van der Waals surface area contributed by atoms with Gasteiger partial charge >= 0.3 is 0 Å². The lowest BCUT2D eigenvalue weighted by Gasteiger charge is -2.06. The molecule has 4 aromatic rings. The molecule has 4 rings (SSSR count). The van der Waals surface area contributed by atoms with Crippen LogP contribution in [0.25, 0.3) is 11.5 Å². The van der Waals surface area contributed by atoms with E-state index in [1.807, 2.05) is 78.9 Å². The number of carbonyl (C=O) groups is 1. The highest BCUT2D eigenvalue weighted by atomic mass is 32.2. The summed E-state index contributed by atoms with van der Waals surface area (Å²) in [5.41, 5.74) is 3.27. The monoisotopic (exact) mass is 417 g/mol. The van der Waals surface area contributed by atoms with Crippen molar-refractivity contribution in [2.45, 2.75) is 11.0 Å². The molecular weight excluding hydrogens is 398 g/mol. The maximum absolute atomic E-state index is 12.3. The molecule has 0 bridgehead atoms. The first-order chi connectivity index (χ1) is 14.7. The molecule has 0 aliphatic carbocycles. The summed E-state index contributed by atoms with van der Waals surface area (Å²) in [4.78, 5) is 12.3. The van der Waals surface area contributed by atoms with E-state index < -0.39 is 0 Å². The van der Waals surface area contributed by atoms with Crippen LogP contribution in [0.3, 0.4) is 0 Å². The molecule has 1 amide bonds. The zero-order valence-electron chi connectivity index (χ0n) is 16.2. The van der Waals surface area contributed by atoms with Crippen LogP contribution >= 0.6 is 11.8 Å². The number of nitrogens with one attached hydrogen (secondary N) is 1. The summed E-state index contributed by atoms with van der Waals surface area (Å²) in [7, 11) is 1.62. The van der Waals surface area contributed by atoms with Crippen molar-refractivity contribution in [1.29, 1.82) is 0 Å². The maximum Gasteiger partial charge on any atom is 0.277 e. The number of hydrogen-bond donors (Lipinski definition) is 1. The van der Waals surface area contributed by atoms with Crippen LogP contribution in [0.15, 0.2) is 88.5 Å². The van der Waals surface area contributed by atoms with E-state index in [1.54, 1.807) is 7.11 Å². The molecule has 0 atom stereocenters. The molecule has 7 heteroatoms. The van der Waals surface area contributed by atoms with Gasteiger partial charge in [-0.05, 0) is 54.1 Å². The van der Waals surface area contributed by atoms with Gasteiger partial charge in [-0.2, -0.15) is 0 Å². The predicted octanol–water partition coefficient (Wildman–Crippen LogP) is 5.29. The van der Waals surface area contributed by atoms with Gasteiger partial charge in [0.2, 0.25) is 5.89 Å². The standard InChI is InChI=1S/C23H19N3O3S/c1-28-20-13-11-18(12-14-20)22-25-26-23(29-22)30-15-16-7-9-17(10-8-16)21(27)24-19-5-3-2-4-6-19/h2-14H,15H2,1H3,(H,24,27). The second kappa shape index (κ2) is 9.28. The van der Waals surface area contributed by atoms with Crippen molar-refractivity contribution < 1.29 is 13.9 Å². The Bertz CT molecular complexity index is 1110. The van der Waals surface area contributed by atoms with Crippen LogP contribution in [0.2, 0.25) is 0 Å². The molecular formula is C23H19N3O3S. The van der Waals surface area contributed by atoms with Gasteiger partial charge in [0.1, 0.15) is 5.75 Å². The van der Waals surface area contributed by atoms with Crippen LogP contribution in [0.5, 0.6) is 5.75 Å². The number of ether oxygens (including phenoxy) is 1. The van der Waals surface area contributed by atoms with Crippen LogP contribution < -0.4 is 10.1 Å². The molecule has 0 radical (unpaired) electrons. The number of anilines is 1. The second-order valence-corrected chi connectivity index (χ2v) is 7.33. The van der Waals surface area contributed by atoms with Crippen molar-refractivity contribution in [2.75, 3.05) is 12.4 Å². The molecule has 150 valence electrons. The van der Waals surface area contributed by atoms with Gasteiger partial charge in [0.05, 0.1) is 7.11 Å². The number of para-hydroxylation sites is 1. The highest BCUT2D eigenvalue weighted by molar-refractivity contribution is 7.98. The Morgan fingerprint density at radius 2 is 1.70 bits per heavy atom. The SMILES string of the molecule is COc1ccc(-c2nnc(SCc3ccc(C(=O)Nc4ccccc4)cc3)o2)cc1. The predicted molar refractivity (Wildman–Crippen MR) is 117 cm³/mol. The third-order valence-electron chi connectivity index (χ3n) is 4.35. The van der Waals surface area contributed by atoms with E-state index in [2.05, 4.69) is 15.5 Å². The van der Waals surface area contributed by atoms with Crippen molar-refractivity contribution in [3.63, 3.8) is 0 Å². The first-order valence-corrected chi connectivity index (χ1v) is 10.3. The Morgan fingerprint density at radius 1 is 0.967 bits per heavy atom. The molecule has 0 unspecified atom stereocenters. The number of aromatic nitrogens is 2. The van der Waals surface area contributed by atoms with E-state index in [4.69, 9.17) is 9.15 Å². The van der Waals surface area contributed by atoms with Crippen molar-refractivity contribution in [3.8, 4) is 17.2 Å². The van der Waals surface area contributed by atoms with E-state index in [1.165, 1.54) is 11.8 Å². The fourth-order valence-electron chi connectivity index (χ4n) is 2.74. The number of methoxy groups -OCH3 is 1. The fourth-order valence-corrected chi connectivity index (χ4v) is 3.46. The van der Waals surface area contributed by atoms with Gasteiger partial charge in [-0.1, -0.05) is 42.1 Å². The fraction of sp³-hybridized carbons (Fsp3) is 0.0870. The van der Waals surface area contributed by atoms with E-state index in [-0.39, 0.29) is 5.91 Å². The number of nitrogens with zero attached hydrogens (tertiary/aromatic N) is 2. The molecule has 0 saturated carbocycles. The zero-order chi connectivity index (χ0) is 20.8. The van der Waals surface area contributed by atoms with Gasteiger partial charge in [-0.25, -0.2) is 0 Å². The average molecular weight is 417 g/mol. The summed E-state index contributed by atoms with van der Waals surface area (Å²) in [5, 5.41) is 11.6. The average Bonchev–Trinajstić information content (AvgIpc) is 3.28. The Kier molecular flexibility index (Phi) is 6.10. The number of benzene rings is 3. The lowest BCUT2D eigenvalue weighted by molar-refractivity contribution is 0.102. The van der Waals surface area contributed by atoms with E-state index in [9.17, 15) is 4.79 Å². The number of rotatable bonds is 7. The summed E-state index contributed by atoms with van der Waals surface area (Å²) < 4.78 is 10.9. The van der Waals surface area contributed by atoms with Crippen LogP contribution in [0.4, 0.5) is 5.69 Å². The Hall–Kier alpha value is -3.58. The minimum absolute atomic E-state index is 0.138. The lowest BCUT2D eigenvalue weighted by Crippen LogP contribution is -2.11. The van der Waals surface area contributed by atoms with Gasteiger partial charge in [-0.3, -0.25) is 4.79 Å². The Morgan fingerprint density at radius 3 is 2.40 bits per heavy atom. The summed E-state index contributed by atoms with van der Waals surface area (Å²) >= 11 is 1.45.